The van der Waals surface area contributed by atoms with Crippen LogP contribution < -0.4 is 19.6 Å². The Balaban J connectivity index is 0.000000315. The second-order valence-corrected chi connectivity index (χ2v) is 23.3. The van der Waals surface area contributed by atoms with Crippen molar-refractivity contribution in [2.45, 2.75) is 133 Å². The summed E-state index contributed by atoms with van der Waals surface area (Å²) >= 11 is 6.50. The summed E-state index contributed by atoms with van der Waals surface area (Å²) in [6.45, 7) is 2.35. The first-order valence-electron chi connectivity index (χ1n) is 27.9. The second kappa shape index (κ2) is 33.7. The summed E-state index contributed by atoms with van der Waals surface area (Å²) in [5.74, 6) is -4.81. The lowest BCUT2D eigenvalue weighted by Gasteiger charge is -2.17. The minimum atomic E-state index is -4.74. The van der Waals surface area contributed by atoms with Crippen molar-refractivity contribution in [1.29, 1.82) is 0 Å². The zero-order valence-electron chi connectivity index (χ0n) is 46.7. The second-order valence-electron chi connectivity index (χ2n) is 20.1. The number of carboxylic acid groups (broad SMARTS) is 2. The third-order valence-electron chi connectivity index (χ3n) is 13.5. The molecule has 0 aromatic heterocycles. The molecule has 0 bridgehead atoms. The summed E-state index contributed by atoms with van der Waals surface area (Å²) in [6.07, 6.45) is 9.37. The van der Waals surface area contributed by atoms with E-state index in [-0.39, 0.29) is 54.0 Å². The maximum absolute atomic E-state index is 13.6. The molecule has 6 aromatic carbocycles. The van der Waals surface area contributed by atoms with E-state index in [0.29, 0.717) is 19.2 Å². The van der Waals surface area contributed by atoms with Gasteiger partial charge in [0.15, 0.2) is 12.4 Å². The molecular weight excluding hydrogens is 1270 g/mol. The number of ether oxygens (including phenoxy) is 1. The van der Waals surface area contributed by atoms with Crippen LogP contribution in [0.15, 0.2) is 135 Å². The van der Waals surface area contributed by atoms with Gasteiger partial charge in [0, 0.05) is 41.4 Å². The van der Waals surface area contributed by atoms with Crippen LogP contribution in [0.3, 0.4) is 0 Å². The number of carboxylic acids is 2. The van der Waals surface area contributed by atoms with Crippen LogP contribution in [0.4, 0.5) is 26.3 Å². The zero-order valence-corrected chi connectivity index (χ0v) is 50.7. The number of phenols is 1. The van der Waals surface area contributed by atoms with Crippen LogP contribution in [0.1, 0.15) is 157 Å². The Morgan fingerprint density at radius 1 is 0.541 bits per heavy atom. The molecule has 13 nitrogen and oxygen atoms in total. The molecule has 0 saturated carbocycles. The van der Waals surface area contributed by atoms with Crippen molar-refractivity contribution >= 4 is 65.7 Å². The number of hydrogen-bond acceptors (Lipinski definition) is 9. The largest absolute Gasteiger partial charge is 0.507 e. The molecule has 0 aliphatic heterocycles. The predicted molar refractivity (Wildman–Crippen MR) is 320 cm³/mol. The Morgan fingerprint density at radius 3 is 1.46 bits per heavy atom. The zero-order chi connectivity index (χ0) is 62.2. The molecule has 6 rings (SSSR count). The summed E-state index contributed by atoms with van der Waals surface area (Å²) < 4.78 is 118. The first-order chi connectivity index (χ1) is 40.4. The van der Waals surface area contributed by atoms with Gasteiger partial charge in [0.1, 0.15) is 22.0 Å². The van der Waals surface area contributed by atoms with Crippen molar-refractivity contribution < 1.29 is 78.2 Å². The van der Waals surface area contributed by atoms with Gasteiger partial charge in [-0.25, -0.2) is 9.59 Å². The quantitative estimate of drug-likeness (QED) is 0.0157. The number of halogens is 8. The average Bonchev–Trinajstić information content (AvgIpc) is 1.98. The van der Waals surface area contributed by atoms with E-state index >= 15 is 0 Å². The number of carbonyl (C=O) groups excluding carboxylic acids is 2. The highest BCUT2D eigenvalue weighted by Gasteiger charge is 2.33. The molecule has 0 radical (unpaired) electrons. The van der Waals surface area contributed by atoms with Gasteiger partial charge in [-0.15, -0.1) is 0 Å². The Hall–Kier alpha value is -6.91. The van der Waals surface area contributed by atoms with Crippen LogP contribution in [0.5, 0.6) is 17.2 Å². The van der Waals surface area contributed by atoms with E-state index in [4.69, 9.17) is 19.1 Å². The molecule has 0 spiro atoms. The molecule has 0 saturated heterocycles. The van der Waals surface area contributed by atoms with Crippen LogP contribution in [-0.2, 0) is 33.7 Å². The molecule has 2 amide bonds. The molecule has 0 heterocycles. The van der Waals surface area contributed by atoms with E-state index in [0.717, 1.165) is 113 Å². The number of alkyl halides is 6. The molecule has 0 aliphatic carbocycles. The number of aromatic carboxylic acids is 1. The van der Waals surface area contributed by atoms with Crippen LogP contribution in [0, 0.1) is 0 Å². The lowest BCUT2D eigenvalue weighted by molar-refractivity contribution is -0.139. The van der Waals surface area contributed by atoms with E-state index in [2.05, 4.69) is 73.7 Å². The van der Waals surface area contributed by atoms with Gasteiger partial charge in [0.2, 0.25) is 0 Å². The number of rotatable bonds is 31. The number of aromatic hydroxyl groups is 1. The van der Waals surface area contributed by atoms with Crippen LogP contribution in [0.2, 0.25) is 0 Å². The number of benzene rings is 6. The summed E-state index contributed by atoms with van der Waals surface area (Å²) in [5.41, 5.74) is -0.658. The molecule has 0 fully saturated rings. The highest BCUT2D eigenvalue weighted by Crippen LogP contribution is 2.43. The van der Waals surface area contributed by atoms with Crippen molar-refractivity contribution in [2.75, 3.05) is 19.7 Å². The van der Waals surface area contributed by atoms with Crippen LogP contribution in [0.25, 0.3) is 22.3 Å². The van der Waals surface area contributed by atoms with Crippen molar-refractivity contribution in [3.63, 3.8) is 0 Å². The fraction of sp³-hybridized carbons (Fsp3) is 0.365. The highest BCUT2D eigenvalue weighted by atomic mass is 79.9. The average molecular weight is 1340 g/mol. The fourth-order valence-electron chi connectivity index (χ4n) is 9.00. The number of nitrogens with one attached hydrogen (secondary N) is 2. The van der Waals surface area contributed by atoms with E-state index in [1.807, 2.05) is 6.07 Å². The minimum absolute atomic E-state index is 0.0403. The number of hydrogen-bond donors (Lipinski definition) is 5. The molecule has 458 valence electrons. The lowest BCUT2D eigenvalue weighted by atomic mass is 9.99. The van der Waals surface area contributed by atoms with Crippen molar-refractivity contribution in [2.24, 2.45) is 0 Å². The normalized spacial score (nSPS) is 11.5. The number of carbonyl (C=O) groups is 4. The van der Waals surface area contributed by atoms with Gasteiger partial charge in [-0.2, -0.15) is 34.8 Å². The van der Waals surface area contributed by atoms with Gasteiger partial charge < -0.3 is 34.9 Å². The summed E-state index contributed by atoms with van der Waals surface area (Å²) in [7, 11) is -4.74. The predicted octanol–water partition coefficient (Wildman–Crippen LogP) is 16.9. The van der Waals surface area contributed by atoms with Gasteiger partial charge >= 0.3 is 34.4 Å². The Labute approximate surface area is 507 Å². The SMILES string of the molecule is CCCCCCCCCCCCNC(=O)c1cc(Br)c(OS(=O)(=O)c2ccc(C(=O)O)c(O)c2)c(-c2cccc(C(F)(F)F)c2)c1.O=C(O)COc1c(Br)cc(C(=O)NCCCCCCCCc2ccccc2)cc1-c1cccc(C(F)(F)F)c1. The van der Waals surface area contributed by atoms with E-state index in [9.17, 15) is 59.0 Å². The fourth-order valence-corrected chi connectivity index (χ4v) is 11.2. The Kier molecular flexibility index (Phi) is 27.3. The molecule has 6 aromatic rings. The number of unbranched alkanes of at least 4 members (excludes halogenated alkanes) is 14. The lowest BCUT2D eigenvalue weighted by Crippen LogP contribution is -2.24. The maximum Gasteiger partial charge on any atom is 0.416 e. The number of aliphatic carboxylic acids is 1. The summed E-state index contributed by atoms with van der Waals surface area (Å²) in [4.78, 5) is 47.6. The molecule has 0 aliphatic rings. The first-order valence-corrected chi connectivity index (χ1v) is 30.9. The minimum Gasteiger partial charge on any atom is -0.507 e. The van der Waals surface area contributed by atoms with Gasteiger partial charge in [0.25, 0.3) is 11.8 Å². The standard InChI is InChI=1S/C33H37BrF3NO7S.C30H31BrF3NO4/c1-2-3-4-5-6-7-8-9-10-11-17-38-31(40)23-19-27(22-13-12-14-24(18-22)33(35,36)37)30(28(34)20-23)45-46(43,44)25-15-16-26(32(41)42)29(39)21-25;31-26-19-23(29(38)35-16-9-4-2-1-3-6-11-21-12-7-5-8-13-21)18-25(28(26)39-20-27(36)37)22-14-10-15-24(17-22)30(32,33)34/h12-16,18-21,39H,2-11,17H2,1H3,(H,38,40)(H,41,42);5,7-8,10,12-15,17-19H,1-4,6,9,11,16,20H2,(H,35,38)(H,36,37). The van der Waals surface area contributed by atoms with E-state index in [1.54, 1.807) is 0 Å². The molecule has 85 heavy (non-hydrogen) atoms. The topological polar surface area (TPSA) is 206 Å². The van der Waals surface area contributed by atoms with Gasteiger partial charge in [-0.1, -0.05) is 145 Å². The van der Waals surface area contributed by atoms with Gasteiger partial charge in [-0.3, -0.25) is 9.59 Å². The van der Waals surface area contributed by atoms with Crippen LogP contribution >= 0.6 is 31.9 Å². The number of amides is 2. The third-order valence-corrected chi connectivity index (χ3v) is 15.9. The molecular formula is C63H68Br2F6N2O11S. The maximum atomic E-state index is 13.6. The van der Waals surface area contributed by atoms with Gasteiger partial charge in [-0.05, 0) is 135 Å². The molecule has 0 unspecified atom stereocenters. The van der Waals surface area contributed by atoms with E-state index < -0.39 is 80.0 Å². The summed E-state index contributed by atoms with van der Waals surface area (Å²) in [6, 6.07) is 27.0. The highest BCUT2D eigenvalue weighted by molar-refractivity contribution is 9.11. The number of aryl methyl sites for hydroxylation is 1. The van der Waals surface area contributed by atoms with Crippen LogP contribution in [-0.4, -0.2) is 67.2 Å². The van der Waals surface area contributed by atoms with Crippen molar-refractivity contribution in [3.05, 3.63) is 164 Å². The van der Waals surface area contributed by atoms with Crippen molar-refractivity contribution in [1.82, 2.24) is 10.6 Å². The smallest absolute Gasteiger partial charge is 0.416 e. The molecule has 22 heteroatoms. The Bertz CT molecular complexity index is 3310. The summed E-state index contributed by atoms with van der Waals surface area (Å²) in [5, 5.41) is 33.8. The van der Waals surface area contributed by atoms with Crippen molar-refractivity contribution in [3.8, 4) is 39.5 Å². The Morgan fingerprint density at radius 2 is 1.00 bits per heavy atom. The first kappa shape index (κ1) is 68.9. The van der Waals surface area contributed by atoms with Gasteiger partial charge in [0.05, 0.1) is 20.1 Å². The molecule has 0 atom stereocenters. The van der Waals surface area contributed by atoms with E-state index in [1.165, 1.54) is 86.6 Å². The molecule has 5 N–H and O–H groups in total. The third kappa shape index (κ3) is 22.5. The monoisotopic (exact) mass is 1330 g/mol.